The van der Waals surface area contributed by atoms with E-state index >= 15 is 4.39 Å². The molecule has 3 aromatic rings. The second-order valence-corrected chi connectivity index (χ2v) is 10.5. The number of benzene rings is 2. The van der Waals surface area contributed by atoms with Crippen LogP contribution in [0.2, 0.25) is 0 Å². The number of halogens is 3. The van der Waals surface area contributed by atoms with Gasteiger partial charge in [-0.25, -0.2) is 4.39 Å². The largest absolute Gasteiger partial charge is 0.586 e. The summed E-state index contributed by atoms with van der Waals surface area (Å²) in [5.74, 6) is -1.29. The maximum absolute atomic E-state index is 15.0. The second kappa shape index (κ2) is 9.48. The minimum Gasteiger partial charge on any atom is -0.395 e. The molecule has 5 rings (SSSR count). The summed E-state index contributed by atoms with van der Waals surface area (Å²) in [6, 6.07) is 9.03. The molecular formula is C27H33F3N2O6. The minimum absolute atomic E-state index is 0. The van der Waals surface area contributed by atoms with Gasteiger partial charge in [-0.3, -0.25) is 4.79 Å². The molecule has 1 aliphatic heterocycles. The molecule has 8 nitrogen and oxygen atoms in total. The number of carbonyl (C=O) groups excluding carboxylic acids is 1. The summed E-state index contributed by atoms with van der Waals surface area (Å²) in [6.07, 6.45) is -3.10. The summed E-state index contributed by atoms with van der Waals surface area (Å²) in [5, 5.41) is 21.7. The van der Waals surface area contributed by atoms with Crippen molar-refractivity contribution in [3.05, 3.63) is 53.5 Å². The molecule has 2 aliphatic rings. The van der Waals surface area contributed by atoms with Crippen LogP contribution >= 0.6 is 0 Å². The molecule has 1 fully saturated rings. The van der Waals surface area contributed by atoms with Gasteiger partial charge in [-0.05, 0) is 49.1 Å². The van der Waals surface area contributed by atoms with Crippen LogP contribution in [0.15, 0.2) is 36.4 Å². The number of H-pyrrole nitrogens is 1. The molecule has 2 heterocycles. The lowest BCUT2D eigenvalue weighted by molar-refractivity contribution is -0.286. The van der Waals surface area contributed by atoms with E-state index in [4.69, 9.17) is 9.84 Å². The topological polar surface area (TPSA) is 113 Å². The SMILES string of the molecule is CC(C)(CCOC[C@@H](O)CO)c1cc2cc(NC(=O)C3(c4ccc5c(c4)OC(F)(F)O5)CC3)c(F)cc2[nH]1.[HH].[HH]. The summed E-state index contributed by atoms with van der Waals surface area (Å²) in [4.78, 5) is 16.5. The first kappa shape index (κ1) is 26.3. The van der Waals surface area contributed by atoms with E-state index in [9.17, 15) is 18.7 Å². The summed E-state index contributed by atoms with van der Waals surface area (Å²) in [7, 11) is 0. The number of aromatic amines is 1. The van der Waals surface area contributed by atoms with Crippen LogP contribution in [0.25, 0.3) is 10.9 Å². The summed E-state index contributed by atoms with van der Waals surface area (Å²) in [5.41, 5.74) is 0.598. The molecule has 1 aromatic heterocycles. The molecule has 4 N–H and O–H groups in total. The van der Waals surface area contributed by atoms with E-state index in [0.717, 1.165) is 5.69 Å². The quantitative estimate of drug-likeness (QED) is 0.275. The number of ether oxygens (including phenoxy) is 3. The Kier molecular flexibility index (Phi) is 6.57. The molecule has 1 saturated carbocycles. The van der Waals surface area contributed by atoms with Crippen molar-refractivity contribution in [2.24, 2.45) is 0 Å². The highest BCUT2D eigenvalue weighted by atomic mass is 19.3. The van der Waals surface area contributed by atoms with E-state index in [1.807, 2.05) is 19.9 Å². The van der Waals surface area contributed by atoms with Crippen molar-refractivity contribution in [2.75, 3.05) is 25.1 Å². The van der Waals surface area contributed by atoms with E-state index < -0.39 is 29.5 Å². The molecule has 0 bridgehead atoms. The van der Waals surface area contributed by atoms with E-state index in [1.165, 1.54) is 18.2 Å². The lowest BCUT2D eigenvalue weighted by Crippen LogP contribution is -2.28. The van der Waals surface area contributed by atoms with Gasteiger partial charge in [-0.15, -0.1) is 8.78 Å². The highest BCUT2D eigenvalue weighted by Gasteiger charge is 2.53. The third kappa shape index (κ3) is 5.05. The van der Waals surface area contributed by atoms with Crippen LogP contribution in [-0.4, -0.2) is 53.3 Å². The molecule has 38 heavy (non-hydrogen) atoms. The first-order chi connectivity index (χ1) is 17.9. The molecule has 1 aliphatic carbocycles. The molecule has 11 heteroatoms. The van der Waals surface area contributed by atoms with E-state index in [-0.39, 0.29) is 38.7 Å². The zero-order valence-electron chi connectivity index (χ0n) is 20.9. The van der Waals surface area contributed by atoms with Crippen molar-refractivity contribution >= 4 is 22.5 Å². The maximum Gasteiger partial charge on any atom is 0.586 e. The van der Waals surface area contributed by atoms with Crippen molar-refractivity contribution in [3.8, 4) is 11.5 Å². The van der Waals surface area contributed by atoms with Crippen molar-refractivity contribution < 1.29 is 45.2 Å². The Hall–Kier alpha value is -3.28. The first-order valence-corrected chi connectivity index (χ1v) is 12.3. The Labute approximate surface area is 219 Å². The van der Waals surface area contributed by atoms with Crippen LogP contribution in [0, 0.1) is 5.82 Å². The molecule has 0 radical (unpaired) electrons. The van der Waals surface area contributed by atoms with Crippen molar-refractivity contribution in [2.45, 2.75) is 56.3 Å². The fourth-order valence-corrected chi connectivity index (χ4v) is 4.61. The van der Waals surface area contributed by atoms with E-state index in [0.29, 0.717) is 42.3 Å². The normalized spacial score (nSPS) is 18.0. The molecule has 1 amide bonds. The number of aliphatic hydroxyl groups excluding tert-OH is 2. The van der Waals surface area contributed by atoms with Gasteiger partial charge in [-0.1, -0.05) is 19.9 Å². The Morgan fingerprint density at radius 1 is 1.21 bits per heavy atom. The minimum atomic E-state index is -3.75. The van der Waals surface area contributed by atoms with Crippen LogP contribution in [-0.2, 0) is 20.4 Å². The van der Waals surface area contributed by atoms with Crippen molar-refractivity contribution in [1.82, 2.24) is 4.98 Å². The number of carbonyl (C=O) groups is 1. The summed E-state index contributed by atoms with van der Waals surface area (Å²) < 4.78 is 56.2. The van der Waals surface area contributed by atoms with Gasteiger partial charge < -0.3 is 34.7 Å². The average molecular weight is 539 g/mol. The van der Waals surface area contributed by atoms with Crippen LogP contribution in [0.4, 0.5) is 18.9 Å². The molecule has 208 valence electrons. The van der Waals surface area contributed by atoms with Crippen LogP contribution in [0.1, 0.15) is 47.2 Å². The Bertz CT molecular complexity index is 1380. The van der Waals surface area contributed by atoms with Gasteiger partial charge >= 0.3 is 6.29 Å². The number of rotatable bonds is 10. The van der Waals surface area contributed by atoms with Gasteiger partial charge in [0.15, 0.2) is 11.5 Å². The predicted octanol–water partition coefficient (Wildman–Crippen LogP) is 4.83. The zero-order chi connectivity index (χ0) is 27.3. The van der Waals surface area contributed by atoms with Crippen LogP contribution < -0.4 is 14.8 Å². The lowest BCUT2D eigenvalue weighted by atomic mass is 9.86. The molecule has 0 saturated heterocycles. The number of aliphatic hydroxyl groups is 2. The zero-order valence-corrected chi connectivity index (χ0v) is 20.9. The third-order valence-electron chi connectivity index (χ3n) is 7.22. The summed E-state index contributed by atoms with van der Waals surface area (Å²) >= 11 is 0. The fraction of sp³-hybridized carbons (Fsp3) is 0.444. The van der Waals surface area contributed by atoms with Gasteiger partial charge in [0.25, 0.3) is 0 Å². The van der Waals surface area contributed by atoms with Gasteiger partial charge in [-0.2, -0.15) is 0 Å². The Balaban J connectivity index is 0.00000220. The first-order valence-electron chi connectivity index (χ1n) is 12.3. The van der Waals surface area contributed by atoms with Crippen LogP contribution in [0.3, 0.4) is 0 Å². The second-order valence-electron chi connectivity index (χ2n) is 10.5. The average Bonchev–Trinajstić information content (AvgIpc) is 3.47. The fourth-order valence-electron chi connectivity index (χ4n) is 4.61. The molecular weight excluding hydrogens is 505 g/mol. The van der Waals surface area contributed by atoms with Gasteiger partial charge in [0, 0.05) is 37.5 Å². The predicted molar refractivity (Wildman–Crippen MR) is 136 cm³/mol. The number of alkyl halides is 2. The standard InChI is InChI=1S/C27H29F3N2O6.2H2/c1-25(2,7-8-36-14-17(34)13-33)23-10-15-9-20(18(28)12-19(15)31-23)32-24(35)26(5-6-26)16-3-4-21-22(11-16)38-27(29,30)37-21;;/h3-4,9-12,17,31,33-34H,5-8,13-14H2,1-2H3,(H,32,35);2*1H/t17-;;/m0../s1. The number of fused-ring (bicyclic) bond motifs is 2. The molecule has 0 unspecified atom stereocenters. The highest BCUT2D eigenvalue weighted by molar-refractivity contribution is 6.02. The number of hydrogen-bond acceptors (Lipinski definition) is 6. The van der Waals surface area contributed by atoms with Gasteiger partial charge in [0.2, 0.25) is 5.91 Å². The number of hydrogen-bond donors (Lipinski definition) is 4. The Morgan fingerprint density at radius 2 is 1.95 bits per heavy atom. The highest BCUT2D eigenvalue weighted by Crippen LogP contribution is 2.52. The maximum atomic E-state index is 15.0. The third-order valence-corrected chi connectivity index (χ3v) is 7.22. The summed E-state index contributed by atoms with van der Waals surface area (Å²) in [6.45, 7) is 4.02. The Morgan fingerprint density at radius 3 is 2.66 bits per heavy atom. The molecule has 1 atom stereocenters. The van der Waals surface area contributed by atoms with E-state index in [2.05, 4.69) is 19.8 Å². The molecule has 0 spiro atoms. The number of amides is 1. The molecule has 2 aromatic carbocycles. The number of anilines is 1. The number of aromatic nitrogens is 1. The van der Waals surface area contributed by atoms with Crippen molar-refractivity contribution in [1.29, 1.82) is 0 Å². The van der Waals surface area contributed by atoms with Gasteiger partial charge in [0.1, 0.15) is 11.9 Å². The van der Waals surface area contributed by atoms with Crippen molar-refractivity contribution in [3.63, 3.8) is 0 Å². The lowest BCUT2D eigenvalue weighted by Gasteiger charge is -2.23. The number of nitrogens with one attached hydrogen (secondary N) is 2. The van der Waals surface area contributed by atoms with E-state index in [1.54, 1.807) is 12.1 Å². The smallest absolute Gasteiger partial charge is 0.395 e. The van der Waals surface area contributed by atoms with Crippen LogP contribution in [0.5, 0.6) is 11.5 Å². The van der Waals surface area contributed by atoms with Gasteiger partial charge in [0.05, 0.1) is 24.3 Å². The monoisotopic (exact) mass is 538 g/mol.